The Morgan fingerprint density at radius 1 is 1.30 bits per heavy atom. The monoisotopic (exact) mass is 386 g/mol. The third-order valence-corrected chi connectivity index (χ3v) is 4.73. The third kappa shape index (κ3) is 5.01. The highest BCUT2D eigenvalue weighted by Gasteiger charge is 2.26. The molecule has 0 radical (unpaired) electrons. The molecule has 0 fully saturated rings. The molecule has 0 spiro atoms. The molecule has 0 N–H and O–H groups in total. The summed E-state index contributed by atoms with van der Waals surface area (Å²) in [4.78, 5) is 19.8. The van der Waals surface area contributed by atoms with Gasteiger partial charge in [0.05, 0.1) is 19.4 Å². The Balaban J connectivity index is 1.64. The molecule has 1 heterocycles. The molecule has 0 bridgehead atoms. The number of methoxy groups -OCH3 is 1. The summed E-state index contributed by atoms with van der Waals surface area (Å²) in [5, 5.41) is 4.88. The van der Waals surface area contributed by atoms with Gasteiger partial charge in [-0.1, -0.05) is 35.8 Å². The number of hydrogen-bond donors (Lipinski definition) is 0. The maximum absolute atomic E-state index is 12.4. The SMILES string of the molecule is CCC(=O)N(Cc1cccc(Cl)c1)CC1CC(c2ccc(OC)cc2)=NO1. The minimum absolute atomic E-state index is 0.0801. The number of halogens is 1. The van der Waals surface area contributed by atoms with Crippen LogP contribution in [-0.2, 0) is 16.2 Å². The summed E-state index contributed by atoms with van der Waals surface area (Å²) in [5.74, 6) is 0.882. The van der Waals surface area contributed by atoms with Crippen molar-refractivity contribution in [2.75, 3.05) is 13.7 Å². The number of nitrogens with zero attached hydrogens (tertiary/aromatic N) is 2. The Labute approximate surface area is 164 Å². The molecule has 0 aliphatic carbocycles. The standard InChI is InChI=1S/C21H23ClN2O3/c1-3-21(25)24(13-15-5-4-6-17(22)11-15)14-19-12-20(23-27-19)16-7-9-18(26-2)10-8-16/h4-11,19H,3,12-14H2,1-2H3. The minimum Gasteiger partial charge on any atom is -0.497 e. The fraction of sp³-hybridized carbons (Fsp3) is 0.333. The molecule has 142 valence electrons. The second-order valence-electron chi connectivity index (χ2n) is 6.46. The first-order valence-electron chi connectivity index (χ1n) is 8.98. The lowest BCUT2D eigenvalue weighted by Gasteiger charge is -2.24. The molecule has 2 aromatic carbocycles. The topological polar surface area (TPSA) is 51.1 Å². The molecule has 1 aliphatic rings. The lowest BCUT2D eigenvalue weighted by atomic mass is 10.0. The van der Waals surface area contributed by atoms with E-state index >= 15 is 0 Å². The molecule has 0 saturated carbocycles. The first kappa shape index (κ1) is 19.2. The fourth-order valence-corrected chi connectivity index (χ4v) is 3.27. The number of rotatable bonds is 7. The summed E-state index contributed by atoms with van der Waals surface area (Å²) in [6.07, 6.45) is 0.950. The van der Waals surface area contributed by atoms with Crippen molar-refractivity contribution in [3.8, 4) is 5.75 Å². The van der Waals surface area contributed by atoms with Gasteiger partial charge in [0.15, 0.2) is 6.10 Å². The van der Waals surface area contributed by atoms with E-state index in [1.54, 1.807) is 7.11 Å². The number of carbonyl (C=O) groups is 1. The van der Waals surface area contributed by atoms with E-state index in [4.69, 9.17) is 21.2 Å². The summed E-state index contributed by atoms with van der Waals surface area (Å²) in [5.41, 5.74) is 2.88. The van der Waals surface area contributed by atoms with Crippen LogP contribution in [0.15, 0.2) is 53.7 Å². The van der Waals surface area contributed by atoms with Gasteiger partial charge in [0.2, 0.25) is 5.91 Å². The molecule has 0 saturated heterocycles. The van der Waals surface area contributed by atoms with E-state index in [0.717, 1.165) is 22.6 Å². The zero-order chi connectivity index (χ0) is 19.2. The Bertz CT molecular complexity index is 820. The van der Waals surface area contributed by atoms with Crippen LogP contribution >= 0.6 is 11.6 Å². The van der Waals surface area contributed by atoms with Crippen LogP contribution in [0, 0.1) is 0 Å². The van der Waals surface area contributed by atoms with Gasteiger partial charge in [-0.15, -0.1) is 0 Å². The molecule has 1 atom stereocenters. The van der Waals surface area contributed by atoms with Crippen LogP contribution in [0.4, 0.5) is 0 Å². The number of ether oxygens (including phenoxy) is 1. The Morgan fingerprint density at radius 3 is 2.74 bits per heavy atom. The van der Waals surface area contributed by atoms with Crippen LogP contribution in [0.1, 0.15) is 30.9 Å². The van der Waals surface area contributed by atoms with Gasteiger partial charge in [0, 0.05) is 24.4 Å². The van der Waals surface area contributed by atoms with E-state index in [1.165, 1.54) is 0 Å². The van der Waals surface area contributed by atoms with E-state index in [2.05, 4.69) is 5.16 Å². The summed E-state index contributed by atoms with van der Waals surface area (Å²) in [6.45, 7) is 2.86. The third-order valence-electron chi connectivity index (χ3n) is 4.50. The number of benzene rings is 2. The van der Waals surface area contributed by atoms with E-state index in [0.29, 0.717) is 31.0 Å². The molecular weight excluding hydrogens is 364 g/mol. The van der Waals surface area contributed by atoms with Crippen LogP contribution in [0.3, 0.4) is 0 Å². The van der Waals surface area contributed by atoms with E-state index < -0.39 is 0 Å². The molecule has 27 heavy (non-hydrogen) atoms. The quantitative estimate of drug-likeness (QED) is 0.713. The normalized spacial score (nSPS) is 15.8. The Morgan fingerprint density at radius 2 is 2.07 bits per heavy atom. The molecule has 1 aliphatic heterocycles. The van der Waals surface area contributed by atoms with Crippen LogP contribution < -0.4 is 4.74 Å². The fourth-order valence-electron chi connectivity index (χ4n) is 3.06. The van der Waals surface area contributed by atoms with E-state index in [-0.39, 0.29) is 12.0 Å². The molecule has 5 nitrogen and oxygen atoms in total. The summed E-state index contributed by atoms with van der Waals surface area (Å²) < 4.78 is 5.18. The Kier molecular flexibility index (Phi) is 6.35. The highest BCUT2D eigenvalue weighted by atomic mass is 35.5. The second kappa shape index (κ2) is 8.91. The predicted octanol–water partition coefficient (Wildman–Crippen LogP) is 4.28. The van der Waals surface area contributed by atoms with Gasteiger partial charge in [0.25, 0.3) is 0 Å². The highest BCUT2D eigenvalue weighted by molar-refractivity contribution is 6.30. The summed E-state index contributed by atoms with van der Waals surface area (Å²) >= 11 is 6.07. The van der Waals surface area contributed by atoms with E-state index in [9.17, 15) is 4.79 Å². The first-order chi connectivity index (χ1) is 13.1. The summed E-state index contributed by atoms with van der Waals surface area (Å²) in [7, 11) is 1.64. The van der Waals surface area contributed by atoms with Crippen molar-refractivity contribution in [3.05, 3.63) is 64.7 Å². The van der Waals surface area contributed by atoms with Gasteiger partial charge in [-0.3, -0.25) is 4.79 Å². The van der Waals surface area contributed by atoms with Gasteiger partial charge in [0.1, 0.15) is 5.75 Å². The Hall–Kier alpha value is -2.53. The molecule has 3 rings (SSSR count). The van der Waals surface area contributed by atoms with Crippen LogP contribution in [-0.4, -0.2) is 36.3 Å². The zero-order valence-electron chi connectivity index (χ0n) is 15.5. The zero-order valence-corrected chi connectivity index (χ0v) is 16.3. The van der Waals surface area contributed by atoms with Crippen molar-refractivity contribution in [1.29, 1.82) is 0 Å². The van der Waals surface area contributed by atoms with Crippen molar-refractivity contribution in [2.24, 2.45) is 5.16 Å². The largest absolute Gasteiger partial charge is 0.497 e. The van der Waals surface area contributed by atoms with Gasteiger partial charge in [-0.05, 0) is 47.5 Å². The van der Waals surface area contributed by atoms with Crippen molar-refractivity contribution in [1.82, 2.24) is 4.90 Å². The average Bonchev–Trinajstić information content (AvgIpc) is 3.15. The molecule has 6 heteroatoms. The average molecular weight is 387 g/mol. The number of amides is 1. The lowest BCUT2D eigenvalue weighted by molar-refractivity contribution is -0.133. The molecule has 1 unspecified atom stereocenters. The van der Waals surface area contributed by atoms with Crippen molar-refractivity contribution >= 4 is 23.2 Å². The second-order valence-corrected chi connectivity index (χ2v) is 6.89. The molecule has 0 aromatic heterocycles. The minimum atomic E-state index is -0.156. The van der Waals surface area contributed by atoms with Crippen LogP contribution in [0.5, 0.6) is 5.75 Å². The van der Waals surface area contributed by atoms with Crippen molar-refractivity contribution in [2.45, 2.75) is 32.4 Å². The molecule has 2 aromatic rings. The van der Waals surface area contributed by atoms with Crippen molar-refractivity contribution < 1.29 is 14.4 Å². The molecular formula is C21H23ClN2O3. The van der Waals surface area contributed by atoms with Crippen LogP contribution in [0.25, 0.3) is 0 Å². The van der Waals surface area contributed by atoms with Gasteiger partial charge >= 0.3 is 0 Å². The van der Waals surface area contributed by atoms with Gasteiger partial charge in [-0.2, -0.15) is 0 Å². The molecule has 1 amide bonds. The van der Waals surface area contributed by atoms with Gasteiger partial charge < -0.3 is 14.5 Å². The number of carbonyl (C=O) groups excluding carboxylic acids is 1. The summed E-state index contributed by atoms with van der Waals surface area (Å²) in [6, 6.07) is 15.3. The first-order valence-corrected chi connectivity index (χ1v) is 9.36. The number of hydrogen-bond acceptors (Lipinski definition) is 4. The van der Waals surface area contributed by atoms with Gasteiger partial charge in [-0.25, -0.2) is 0 Å². The van der Waals surface area contributed by atoms with Crippen molar-refractivity contribution in [3.63, 3.8) is 0 Å². The highest BCUT2D eigenvalue weighted by Crippen LogP contribution is 2.21. The maximum Gasteiger partial charge on any atom is 0.222 e. The smallest absolute Gasteiger partial charge is 0.222 e. The lowest BCUT2D eigenvalue weighted by Crippen LogP contribution is -2.36. The maximum atomic E-state index is 12.4. The van der Waals surface area contributed by atoms with Crippen LogP contribution in [0.2, 0.25) is 5.02 Å². The predicted molar refractivity (Wildman–Crippen MR) is 106 cm³/mol. The van der Waals surface area contributed by atoms with E-state index in [1.807, 2.05) is 60.4 Å². The number of oxime groups is 1.